The normalized spacial score (nSPS) is 17.7. The van der Waals surface area contributed by atoms with Crippen LogP contribution in [0.15, 0.2) is 27.0 Å². The maximum absolute atomic E-state index is 11.3. The van der Waals surface area contributed by atoms with Crippen LogP contribution in [0.1, 0.15) is 5.69 Å². The van der Waals surface area contributed by atoms with Gasteiger partial charge in [-0.3, -0.25) is 15.1 Å². The zero-order chi connectivity index (χ0) is 16.4. The Kier molecular flexibility index (Phi) is 4.13. The lowest BCUT2D eigenvalue weighted by atomic mass is 10.4. The summed E-state index contributed by atoms with van der Waals surface area (Å²) < 4.78 is 27.8. The molecule has 3 heterocycles. The lowest BCUT2D eigenvalue weighted by Crippen LogP contribution is -2.37. The molecule has 0 aromatic carbocycles. The summed E-state index contributed by atoms with van der Waals surface area (Å²) in [6.07, 6.45) is 1.54. The van der Waals surface area contributed by atoms with Gasteiger partial charge in [0.1, 0.15) is 4.92 Å². The summed E-state index contributed by atoms with van der Waals surface area (Å²) in [5, 5.41) is 18.7. The Morgan fingerprint density at radius 1 is 1.39 bits per heavy atom. The number of thiazole rings is 1. The molecule has 2 aromatic heterocycles. The van der Waals surface area contributed by atoms with Crippen molar-refractivity contribution in [3.05, 3.63) is 33.3 Å². The molecular weight excluding hydrogens is 344 g/mol. The second-order valence-corrected chi connectivity index (χ2v) is 7.98. The third kappa shape index (κ3) is 3.74. The minimum absolute atomic E-state index is 0.0999. The van der Waals surface area contributed by atoms with Gasteiger partial charge in [-0.1, -0.05) is 0 Å². The van der Waals surface area contributed by atoms with E-state index in [1.54, 1.807) is 10.4 Å². The van der Waals surface area contributed by atoms with Crippen molar-refractivity contribution in [1.82, 2.24) is 9.99 Å². The maximum Gasteiger partial charge on any atom is 0.433 e. The quantitative estimate of drug-likeness (QED) is 0.461. The van der Waals surface area contributed by atoms with Crippen molar-refractivity contribution in [3.8, 4) is 10.8 Å². The Bertz CT molecular complexity index is 840. The summed E-state index contributed by atoms with van der Waals surface area (Å²) in [5.41, 5.74) is 0.581. The second kappa shape index (κ2) is 6.08. The summed E-state index contributed by atoms with van der Waals surface area (Å²) in [6.45, 7) is 0.723. The largest absolute Gasteiger partial charge is 0.433 e. The van der Waals surface area contributed by atoms with Crippen LogP contribution in [0.3, 0.4) is 0 Å². The Balaban J connectivity index is 1.67. The van der Waals surface area contributed by atoms with Crippen LogP contribution in [0.2, 0.25) is 0 Å². The molecule has 1 saturated heterocycles. The van der Waals surface area contributed by atoms with Crippen molar-refractivity contribution in [3.63, 3.8) is 0 Å². The molecule has 0 radical (unpaired) electrons. The van der Waals surface area contributed by atoms with Crippen LogP contribution in [0.5, 0.6) is 0 Å². The smallest absolute Gasteiger partial charge is 0.398 e. The molecule has 1 fully saturated rings. The third-order valence-corrected chi connectivity index (χ3v) is 5.66. The highest BCUT2D eigenvalue weighted by Gasteiger charge is 2.20. The predicted octanol–water partition coefficient (Wildman–Crippen LogP) is 1.38. The van der Waals surface area contributed by atoms with E-state index in [4.69, 9.17) is 4.42 Å². The van der Waals surface area contributed by atoms with E-state index in [2.05, 4.69) is 10.1 Å². The molecule has 0 unspecified atom stereocenters. The molecule has 0 bridgehead atoms. The van der Waals surface area contributed by atoms with E-state index in [1.807, 2.05) is 0 Å². The standard InChI is InChI=1S/C12H12N4O5S2/c17-16(18)11-2-1-10(21-11)12-14-9(8-22-12)7-13-15-3-5-23(19,20)6-4-15/h1-2,7-8H,3-6H2. The van der Waals surface area contributed by atoms with Gasteiger partial charge in [-0.05, 0) is 6.07 Å². The monoisotopic (exact) mass is 356 g/mol. The number of furan rings is 1. The molecule has 3 rings (SSSR count). The Labute approximate surface area is 135 Å². The fourth-order valence-corrected chi connectivity index (χ4v) is 3.87. The second-order valence-electron chi connectivity index (χ2n) is 4.82. The molecule has 1 aliphatic rings. The summed E-state index contributed by atoms with van der Waals surface area (Å²) in [5.74, 6) is 0.191. The Hall–Kier alpha value is -2.27. The first kappa shape index (κ1) is 15.6. The molecule has 11 heteroatoms. The number of nitrogens with zero attached hydrogens (tertiary/aromatic N) is 4. The summed E-state index contributed by atoms with van der Waals surface area (Å²) >= 11 is 1.28. The molecule has 0 amide bonds. The molecule has 0 aliphatic carbocycles. The Morgan fingerprint density at radius 3 is 2.78 bits per heavy atom. The van der Waals surface area contributed by atoms with Crippen molar-refractivity contribution < 1.29 is 17.8 Å². The number of hydrogen-bond donors (Lipinski definition) is 0. The SMILES string of the molecule is O=[N+]([O-])c1ccc(-c2nc(C=NN3CCS(=O)(=O)CC3)cs2)o1. The van der Waals surface area contributed by atoms with Gasteiger partial charge in [0.15, 0.2) is 20.6 Å². The average molecular weight is 356 g/mol. The van der Waals surface area contributed by atoms with Crippen molar-refractivity contribution in [1.29, 1.82) is 0 Å². The zero-order valence-corrected chi connectivity index (χ0v) is 13.4. The van der Waals surface area contributed by atoms with Crippen LogP contribution >= 0.6 is 11.3 Å². The number of nitro groups is 1. The maximum atomic E-state index is 11.3. The fourth-order valence-electron chi connectivity index (χ4n) is 1.96. The van der Waals surface area contributed by atoms with Crippen LogP contribution in [0.25, 0.3) is 10.8 Å². The first-order chi connectivity index (χ1) is 10.9. The van der Waals surface area contributed by atoms with Gasteiger partial charge in [0.05, 0.1) is 42.6 Å². The molecule has 23 heavy (non-hydrogen) atoms. The molecule has 0 saturated carbocycles. The van der Waals surface area contributed by atoms with E-state index in [9.17, 15) is 18.5 Å². The molecule has 1 aliphatic heterocycles. The lowest BCUT2D eigenvalue weighted by molar-refractivity contribution is -0.401. The van der Waals surface area contributed by atoms with E-state index in [0.717, 1.165) is 0 Å². The van der Waals surface area contributed by atoms with Crippen LogP contribution in [0.4, 0.5) is 5.88 Å². The fraction of sp³-hybridized carbons (Fsp3) is 0.333. The van der Waals surface area contributed by atoms with E-state index >= 15 is 0 Å². The first-order valence-electron chi connectivity index (χ1n) is 6.62. The van der Waals surface area contributed by atoms with Gasteiger partial charge in [-0.2, -0.15) is 5.10 Å². The number of aromatic nitrogens is 1. The third-order valence-electron chi connectivity index (χ3n) is 3.18. The van der Waals surface area contributed by atoms with Crippen LogP contribution in [0, 0.1) is 10.1 Å². The van der Waals surface area contributed by atoms with Crippen molar-refractivity contribution >= 4 is 33.3 Å². The minimum atomic E-state index is -2.93. The summed E-state index contributed by atoms with van der Waals surface area (Å²) in [7, 11) is -2.93. The highest BCUT2D eigenvalue weighted by molar-refractivity contribution is 7.91. The number of hydrogen-bond acceptors (Lipinski definition) is 9. The highest BCUT2D eigenvalue weighted by atomic mass is 32.2. The first-order valence-corrected chi connectivity index (χ1v) is 9.32. The molecular formula is C12H12N4O5S2. The number of hydrazone groups is 1. The van der Waals surface area contributed by atoms with Gasteiger partial charge in [0, 0.05) is 5.38 Å². The number of sulfone groups is 1. The van der Waals surface area contributed by atoms with Crippen molar-refractivity contribution in [2.45, 2.75) is 0 Å². The topological polar surface area (TPSA) is 119 Å². The molecule has 0 spiro atoms. The molecule has 122 valence electrons. The van der Waals surface area contributed by atoms with Crippen LogP contribution in [-0.4, -0.2) is 54.1 Å². The molecule has 9 nitrogen and oxygen atoms in total. The number of rotatable bonds is 4. The molecule has 0 atom stereocenters. The van der Waals surface area contributed by atoms with Crippen LogP contribution in [-0.2, 0) is 9.84 Å². The van der Waals surface area contributed by atoms with Gasteiger partial charge in [0.25, 0.3) is 0 Å². The molecule has 2 aromatic rings. The van der Waals surface area contributed by atoms with Gasteiger partial charge >= 0.3 is 5.88 Å². The van der Waals surface area contributed by atoms with E-state index in [0.29, 0.717) is 29.6 Å². The van der Waals surface area contributed by atoms with Crippen molar-refractivity contribution in [2.75, 3.05) is 24.6 Å². The summed E-state index contributed by atoms with van der Waals surface area (Å²) in [4.78, 5) is 14.3. The van der Waals surface area contributed by atoms with E-state index < -0.39 is 14.8 Å². The van der Waals surface area contributed by atoms with Gasteiger partial charge in [-0.15, -0.1) is 11.3 Å². The minimum Gasteiger partial charge on any atom is -0.398 e. The predicted molar refractivity (Wildman–Crippen MR) is 84.3 cm³/mol. The summed E-state index contributed by atoms with van der Waals surface area (Å²) in [6, 6.07) is 2.77. The van der Waals surface area contributed by atoms with Gasteiger partial charge < -0.3 is 4.42 Å². The zero-order valence-electron chi connectivity index (χ0n) is 11.8. The van der Waals surface area contributed by atoms with E-state index in [1.165, 1.54) is 29.7 Å². The lowest BCUT2D eigenvalue weighted by Gasteiger charge is -2.23. The van der Waals surface area contributed by atoms with Gasteiger partial charge in [0.2, 0.25) is 0 Å². The average Bonchev–Trinajstić information content (AvgIpc) is 3.15. The van der Waals surface area contributed by atoms with Crippen molar-refractivity contribution in [2.24, 2.45) is 5.10 Å². The van der Waals surface area contributed by atoms with Crippen LogP contribution < -0.4 is 0 Å². The van der Waals surface area contributed by atoms with E-state index in [-0.39, 0.29) is 17.4 Å². The molecule has 0 N–H and O–H groups in total. The van der Waals surface area contributed by atoms with Gasteiger partial charge in [-0.25, -0.2) is 13.4 Å². The highest BCUT2D eigenvalue weighted by Crippen LogP contribution is 2.28. The Morgan fingerprint density at radius 2 is 2.13 bits per heavy atom.